The number of hydrogen-bond donors (Lipinski definition) is 1. The number of nitrogens with zero attached hydrogens (tertiary/aromatic N) is 5. The number of tetrazole rings is 1. The van der Waals surface area contributed by atoms with E-state index in [1.54, 1.807) is 0 Å². The Kier molecular flexibility index (Phi) is 6.39. The quantitative estimate of drug-likeness (QED) is 0.781. The van der Waals surface area contributed by atoms with Crippen LogP contribution in [0.25, 0.3) is 0 Å². The van der Waals surface area contributed by atoms with Gasteiger partial charge in [0.05, 0.1) is 6.54 Å². The first-order valence-electron chi connectivity index (χ1n) is 8.04. The average molecular weight is 280 g/mol. The Bertz CT molecular complexity index is 371. The SMILES string of the molecule is CCCN(Cc1nnnn1CCC)CC1CCCCN1. The molecule has 1 fully saturated rings. The first-order valence-corrected chi connectivity index (χ1v) is 8.04. The molecule has 1 N–H and O–H groups in total. The van der Waals surface area contributed by atoms with E-state index in [4.69, 9.17) is 0 Å². The first kappa shape index (κ1) is 15.4. The third-order valence-electron chi connectivity index (χ3n) is 3.84. The fourth-order valence-corrected chi connectivity index (χ4v) is 2.86. The molecule has 1 aliphatic heterocycles. The Labute approximate surface area is 121 Å². The Morgan fingerprint density at radius 2 is 2.20 bits per heavy atom. The van der Waals surface area contributed by atoms with Crippen LogP contribution in [0.4, 0.5) is 0 Å². The summed E-state index contributed by atoms with van der Waals surface area (Å²) in [5.41, 5.74) is 0. The lowest BCUT2D eigenvalue weighted by molar-refractivity contribution is 0.209. The van der Waals surface area contributed by atoms with Crippen LogP contribution in [-0.2, 0) is 13.1 Å². The van der Waals surface area contributed by atoms with Crippen LogP contribution in [0.3, 0.4) is 0 Å². The maximum absolute atomic E-state index is 4.19. The maximum Gasteiger partial charge on any atom is 0.165 e. The molecule has 1 saturated heterocycles. The summed E-state index contributed by atoms with van der Waals surface area (Å²) in [7, 11) is 0. The summed E-state index contributed by atoms with van der Waals surface area (Å²) in [6.07, 6.45) is 6.20. The number of nitrogens with one attached hydrogen (secondary N) is 1. The molecule has 1 aromatic rings. The molecule has 0 aromatic carbocycles. The minimum Gasteiger partial charge on any atom is -0.313 e. The van der Waals surface area contributed by atoms with Gasteiger partial charge in [-0.25, -0.2) is 4.68 Å². The Balaban J connectivity index is 1.91. The highest BCUT2D eigenvalue weighted by Gasteiger charge is 2.18. The number of aryl methyl sites for hydroxylation is 1. The largest absolute Gasteiger partial charge is 0.313 e. The molecule has 1 aliphatic rings. The lowest BCUT2D eigenvalue weighted by Crippen LogP contribution is -2.44. The van der Waals surface area contributed by atoms with Gasteiger partial charge in [0, 0.05) is 19.1 Å². The van der Waals surface area contributed by atoms with Gasteiger partial charge in [0.2, 0.25) is 0 Å². The Morgan fingerprint density at radius 3 is 2.90 bits per heavy atom. The highest BCUT2D eigenvalue weighted by atomic mass is 15.5. The third-order valence-corrected chi connectivity index (χ3v) is 3.84. The molecule has 1 atom stereocenters. The summed E-state index contributed by atoms with van der Waals surface area (Å²) < 4.78 is 1.94. The molecule has 0 amide bonds. The van der Waals surface area contributed by atoms with Crippen LogP contribution in [-0.4, -0.2) is 50.8 Å². The molecule has 0 radical (unpaired) electrons. The van der Waals surface area contributed by atoms with E-state index in [-0.39, 0.29) is 0 Å². The van der Waals surface area contributed by atoms with E-state index in [0.717, 1.165) is 45.0 Å². The van der Waals surface area contributed by atoms with Crippen molar-refractivity contribution in [2.45, 2.75) is 65.1 Å². The monoisotopic (exact) mass is 280 g/mol. The van der Waals surface area contributed by atoms with Gasteiger partial charge < -0.3 is 5.32 Å². The van der Waals surface area contributed by atoms with E-state index in [9.17, 15) is 0 Å². The molecule has 114 valence electrons. The van der Waals surface area contributed by atoms with Gasteiger partial charge in [-0.3, -0.25) is 4.90 Å². The van der Waals surface area contributed by atoms with Gasteiger partial charge in [0.1, 0.15) is 0 Å². The zero-order valence-corrected chi connectivity index (χ0v) is 12.9. The molecular weight excluding hydrogens is 252 g/mol. The van der Waals surface area contributed by atoms with Gasteiger partial charge in [-0.2, -0.15) is 0 Å². The van der Waals surface area contributed by atoms with Crippen molar-refractivity contribution in [1.29, 1.82) is 0 Å². The Morgan fingerprint density at radius 1 is 1.30 bits per heavy atom. The van der Waals surface area contributed by atoms with Crippen LogP contribution in [0, 0.1) is 0 Å². The summed E-state index contributed by atoms with van der Waals surface area (Å²) >= 11 is 0. The second-order valence-electron chi connectivity index (χ2n) is 5.70. The predicted octanol–water partition coefficient (Wildman–Crippen LogP) is 1.44. The van der Waals surface area contributed by atoms with Crippen LogP contribution >= 0.6 is 0 Å². The van der Waals surface area contributed by atoms with Gasteiger partial charge in [0.15, 0.2) is 5.82 Å². The molecule has 20 heavy (non-hydrogen) atoms. The highest BCUT2D eigenvalue weighted by molar-refractivity contribution is 4.84. The normalized spacial score (nSPS) is 19.6. The van der Waals surface area contributed by atoms with E-state index in [1.165, 1.54) is 25.7 Å². The van der Waals surface area contributed by atoms with E-state index >= 15 is 0 Å². The third kappa shape index (κ3) is 4.52. The fourth-order valence-electron chi connectivity index (χ4n) is 2.86. The number of piperidine rings is 1. The predicted molar refractivity (Wildman–Crippen MR) is 79.3 cm³/mol. The van der Waals surface area contributed by atoms with Crippen molar-refractivity contribution in [2.24, 2.45) is 0 Å². The Hall–Kier alpha value is -1.01. The molecule has 6 heteroatoms. The molecule has 0 saturated carbocycles. The second kappa shape index (κ2) is 8.32. The fraction of sp³-hybridized carbons (Fsp3) is 0.929. The van der Waals surface area contributed by atoms with Crippen LogP contribution in [0.1, 0.15) is 51.8 Å². The van der Waals surface area contributed by atoms with Crippen molar-refractivity contribution in [2.75, 3.05) is 19.6 Å². The summed E-state index contributed by atoms with van der Waals surface area (Å²) in [6, 6.07) is 0.630. The van der Waals surface area contributed by atoms with Crippen molar-refractivity contribution in [3.8, 4) is 0 Å². The van der Waals surface area contributed by atoms with Gasteiger partial charge in [-0.1, -0.05) is 20.3 Å². The molecule has 0 aliphatic carbocycles. The number of rotatable bonds is 8. The van der Waals surface area contributed by atoms with Crippen LogP contribution < -0.4 is 5.32 Å². The molecular formula is C14H28N6. The van der Waals surface area contributed by atoms with E-state index in [2.05, 4.69) is 39.6 Å². The molecule has 1 aromatic heterocycles. The van der Waals surface area contributed by atoms with Crippen molar-refractivity contribution in [1.82, 2.24) is 30.4 Å². The van der Waals surface area contributed by atoms with Gasteiger partial charge in [0.25, 0.3) is 0 Å². The lowest BCUT2D eigenvalue weighted by atomic mass is 10.0. The molecule has 0 bridgehead atoms. The van der Waals surface area contributed by atoms with E-state index < -0.39 is 0 Å². The smallest absolute Gasteiger partial charge is 0.165 e. The minimum absolute atomic E-state index is 0.630. The second-order valence-corrected chi connectivity index (χ2v) is 5.70. The zero-order chi connectivity index (χ0) is 14.2. The van der Waals surface area contributed by atoms with Crippen molar-refractivity contribution in [3.63, 3.8) is 0 Å². The number of hydrogen-bond acceptors (Lipinski definition) is 5. The van der Waals surface area contributed by atoms with E-state index in [0.29, 0.717) is 6.04 Å². The van der Waals surface area contributed by atoms with Gasteiger partial charge in [-0.05, 0) is 49.2 Å². The molecule has 1 unspecified atom stereocenters. The summed E-state index contributed by atoms with van der Waals surface area (Å²) in [5, 5.41) is 15.7. The van der Waals surface area contributed by atoms with Gasteiger partial charge in [-0.15, -0.1) is 5.10 Å². The van der Waals surface area contributed by atoms with Crippen molar-refractivity contribution in [3.05, 3.63) is 5.82 Å². The molecule has 6 nitrogen and oxygen atoms in total. The summed E-state index contributed by atoms with van der Waals surface area (Å²) in [5.74, 6) is 0.996. The first-order chi connectivity index (χ1) is 9.83. The molecule has 0 spiro atoms. The van der Waals surface area contributed by atoms with Crippen LogP contribution in [0.2, 0.25) is 0 Å². The molecule has 2 heterocycles. The highest BCUT2D eigenvalue weighted by Crippen LogP contribution is 2.10. The van der Waals surface area contributed by atoms with Crippen LogP contribution in [0.5, 0.6) is 0 Å². The van der Waals surface area contributed by atoms with E-state index in [1.807, 2.05) is 4.68 Å². The minimum atomic E-state index is 0.630. The zero-order valence-electron chi connectivity index (χ0n) is 12.9. The summed E-state index contributed by atoms with van der Waals surface area (Å²) in [4.78, 5) is 2.49. The van der Waals surface area contributed by atoms with Crippen molar-refractivity contribution >= 4 is 0 Å². The number of aromatic nitrogens is 4. The standard InChI is InChI=1S/C14H28N6/c1-3-9-19(11-13-7-5-6-8-15-13)12-14-16-17-18-20(14)10-4-2/h13,15H,3-12H2,1-2H3. The van der Waals surface area contributed by atoms with Gasteiger partial charge >= 0.3 is 0 Å². The lowest BCUT2D eigenvalue weighted by Gasteiger charge is -2.30. The maximum atomic E-state index is 4.19. The average Bonchev–Trinajstić information content (AvgIpc) is 2.88. The molecule has 2 rings (SSSR count). The van der Waals surface area contributed by atoms with Crippen molar-refractivity contribution < 1.29 is 0 Å². The topological polar surface area (TPSA) is 58.9 Å². The summed E-state index contributed by atoms with van der Waals surface area (Å²) in [6.45, 7) is 9.53. The van der Waals surface area contributed by atoms with Crippen LogP contribution in [0.15, 0.2) is 0 Å².